The molecule has 4 heteroatoms. The molecule has 2 amide bonds. The molecule has 1 N–H and O–H groups in total. The Labute approximate surface area is 180 Å². The van der Waals surface area contributed by atoms with Gasteiger partial charge in [-0.25, -0.2) is 0 Å². The number of carbonyl (C=O) groups is 2. The molecule has 0 radical (unpaired) electrons. The molecule has 0 saturated heterocycles. The lowest BCUT2D eigenvalue weighted by molar-refractivity contribution is -0.140. The average Bonchev–Trinajstić information content (AvgIpc) is 3.17. The molecule has 1 aliphatic carbocycles. The van der Waals surface area contributed by atoms with Crippen molar-refractivity contribution in [2.45, 2.75) is 78.4 Å². The average molecular weight is 407 g/mol. The molecule has 0 bridgehead atoms. The van der Waals surface area contributed by atoms with E-state index in [0.29, 0.717) is 13.0 Å². The molecular weight excluding hydrogens is 372 g/mol. The fourth-order valence-electron chi connectivity index (χ4n) is 4.43. The van der Waals surface area contributed by atoms with Crippen molar-refractivity contribution in [3.05, 3.63) is 70.3 Å². The van der Waals surface area contributed by atoms with Crippen molar-refractivity contribution in [1.29, 1.82) is 0 Å². The minimum absolute atomic E-state index is 0.0180. The van der Waals surface area contributed by atoms with E-state index in [4.69, 9.17) is 0 Å². The number of aryl methyl sites for hydroxylation is 3. The van der Waals surface area contributed by atoms with Gasteiger partial charge in [0, 0.05) is 12.6 Å². The molecule has 1 aliphatic rings. The standard InChI is InChI=1S/C26H34N2O2/c1-18-8-7-9-22(13-18)17-28(21(4)26(30)27-24-10-5-6-11-24)25(29)16-23-14-19(2)12-20(3)15-23/h7-9,12-15,21,24H,5-6,10-11,16-17H2,1-4H3,(H,27,30)/t21-/m0/s1. The van der Waals surface area contributed by atoms with Gasteiger partial charge in [-0.15, -0.1) is 0 Å². The Kier molecular flexibility index (Phi) is 7.30. The number of hydrogen-bond donors (Lipinski definition) is 1. The van der Waals surface area contributed by atoms with E-state index in [9.17, 15) is 9.59 Å². The van der Waals surface area contributed by atoms with Gasteiger partial charge in [-0.05, 0) is 51.7 Å². The van der Waals surface area contributed by atoms with Gasteiger partial charge in [0.25, 0.3) is 0 Å². The zero-order valence-corrected chi connectivity index (χ0v) is 18.7. The van der Waals surface area contributed by atoms with E-state index in [-0.39, 0.29) is 17.9 Å². The molecule has 0 aliphatic heterocycles. The van der Waals surface area contributed by atoms with Gasteiger partial charge in [-0.1, -0.05) is 72.0 Å². The van der Waals surface area contributed by atoms with Crippen molar-refractivity contribution in [1.82, 2.24) is 10.2 Å². The van der Waals surface area contributed by atoms with Crippen LogP contribution in [0.15, 0.2) is 42.5 Å². The zero-order chi connectivity index (χ0) is 21.7. The van der Waals surface area contributed by atoms with Crippen LogP contribution in [0.3, 0.4) is 0 Å². The fraction of sp³-hybridized carbons (Fsp3) is 0.462. The molecule has 0 spiro atoms. The summed E-state index contributed by atoms with van der Waals surface area (Å²) in [5.41, 5.74) is 5.49. The van der Waals surface area contributed by atoms with Gasteiger partial charge in [0.05, 0.1) is 6.42 Å². The third kappa shape index (κ3) is 5.94. The smallest absolute Gasteiger partial charge is 0.242 e. The molecule has 2 aromatic rings. The van der Waals surface area contributed by atoms with Crippen LogP contribution in [0.5, 0.6) is 0 Å². The first kappa shape index (κ1) is 22.1. The predicted octanol–water partition coefficient (Wildman–Crippen LogP) is 4.63. The third-order valence-corrected chi connectivity index (χ3v) is 5.94. The first-order valence-electron chi connectivity index (χ1n) is 11.0. The van der Waals surface area contributed by atoms with E-state index in [2.05, 4.69) is 29.6 Å². The molecule has 30 heavy (non-hydrogen) atoms. The van der Waals surface area contributed by atoms with Gasteiger partial charge in [0.15, 0.2) is 0 Å². The van der Waals surface area contributed by atoms with Gasteiger partial charge < -0.3 is 10.2 Å². The van der Waals surface area contributed by atoms with Gasteiger partial charge in [0.1, 0.15) is 6.04 Å². The van der Waals surface area contributed by atoms with Crippen LogP contribution in [0, 0.1) is 20.8 Å². The topological polar surface area (TPSA) is 49.4 Å². The maximum absolute atomic E-state index is 13.4. The molecular formula is C26H34N2O2. The molecule has 4 nitrogen and oxygen atoms in total. The van der Waals surface area contributed by atoms with Crippen molar-refractivity contribution in [3.8, 4) is 0 Å². The lowest BCUT2D eigenvalue weighted by Crippen LogP contribution is -2.50. The monoisotopic (exact) mass is 406 g/mol. The Bertz CT molecular complexity index is 879. The fourth-order valence-corrected chi connectivity index (χ4v) is 4.43. The Hall–Kier alpha value is -2.62. The highest BCUT2D eigenvalue weighted by atomic mass is 16.2. The third-order valence-electron chi connectivity index (χ3n) is 5.94. The summed E-state index contributed by atoms with van der Waals surface area (Å²) in [6.07, 6.45) is 4.70. The summed E-state index contributed by atoms with van der Waals surface area (Å²) in [5.74, 6) is -0.0705. The number of amides is 2. The number of nitrogens with zero attached hydrogens (tertiary/aromatic N) is 1. The van der Waals surface area contributed by atoms with E-state index >= 15 is 0 Å². The van der Waals surface area contributed by atoms with Crippen molar-refractivity contribution in [2.24, 2.45) is 0 Å². The highest BCUT2D eigenvalue weighted by Crippen LogP contribution is 2.19. The Morgan fingerprint density at radius 2 is 1.60 bits per heavy atom. The van der Waals surface area contributed by atoms with Crippen molar-refractivity contribution in [2.75, 3.05) is 0 Å². The SMILES string of the molecule is Cc1cc(C)cc(CC(=O)N(Cc2cccc(C)c2)[C@@H](C)C(=O)NC2CCCC2)c1. The number of rotatable bonds is 7. The lowest BCUT2D eigenvalue weighted by Gasteiger charge is -2.30. The van der Waals surface area contributed by atoms with Crippen molar-refractivity contribution in [3.63, 3.8) is 0 Å². The summed E-state index contributed by atoms with van der Waals surface area (Å²) in [7, 11) is 0. The number of carbonyl (C=O) groups excluding carboxylic acids is 2. The second kappa shape index (κ2) is 9.92. The number of hydrogen-bond acceptors (Lipinski definition) is 2. The van der Waals surface area contributed by atoms with Gasteiger partial charge in [-0.3, -0.25) is 9.59 Å². The summed E-state index contributed by atoms with van der Waals surface area (Å²) < 4.78 is 0. The van der Waals surface area contributed by atoms with Crippen LogP contribution in [-0.2, 0) is 22.6 Å². The van der Waals surface area contributed by atoms with E-state index in [1.54, 1.807) is 4.90 Å². The summed E-state index contributed by atoms with van der Waals surface area (Å²) in [4.78, 5) is 28.0. The van der Waals surface area contributed by atoms with Crippen molar-refractivity contribution < 1.29 is 9.59 Å². The van der Waals surface area contributed by atoms with Crippen LogP contribution in [-0.4, -0.2) is 28.8 Å². The summed E-state index contributed by atoms with van der Waals surface area (Å²) in [5, 5.41) is 3.16. The minimum atomic E-state index is -0.510. The summed E-state index contributed by atoms with van der Waals surface area (Å²) in [6.45, 7) is 8.41. The lowest BCUT2D eigenvalue weighted by atomic mass is 10.0. The Morgan fingerprint density at radius 1 is 0.967 bits per heavy atom. The molecule has 0 aromatic heterocycles. The van der Waals surface area contributed by atoms with Crippen LogP contribution in [0.25, 0.3) is 0 Å². The molecule has 2 aromatic carbocycles. The van der Waals surface area contributed by atoms with E-state index in [0.717, 1.165) is 53.5 Å². The first-order valence-corrected chi connectivity index (χ1v) is 11.0. The van der Waals surface area contributed by atoms with Gasteiger partial charge in [0.2, 0.25) is 11.8 Å². The maximum Gasteiger partial charge on any atom is 0.242 e. The van der Waals surface area contributed by atoms with Crippen LogP contribution in [0.1, 0.15) is 60.4 Å². The molecule has 0 unspecified atom stereocenters. The van der Waals surface area contributed by atoms with Crippen LogP contribution < -0.4 is 5.32 Å². The van der Waals surface area contributed by atoms with Crippen LogP contribution >= 0.6 is 0 Å². The highest BCUT2D eigenvalue weighted by molar-refractivity contribution is 5.88. The van der Waals surface area contributed by atoms with E-state index < -0.39 is 6.04 Å². The van der Waals surface area contributed by atoms with E-state index in [1.807, 2.05) is 45.9 Å². The van der Waals surface area contributed by atoms with Gasteiger partial charge in [-0.2, -0.15) is 0 Å². The molecule has 1 fully saturated rings. The number of benzene rings is 2. The zero-order valence-electron chi connectivity index (χ0n) is 18.7. The molecule has 160 valence electrons. The van der Waals surface area contributed by atoms with Crippen molar-refractivity contribution >= 4 is 11.8 Å². The largest absolute Gasteiger partial charge is 0.352 e. The van der Waals surface area contributed by atoms with Gasteiger partial charge >= 0.3 is 0 Å². The summed E-state index contributed by atoms with van der Waals surface area (Å²) in [6, 6.07) is 14.1. The Balaban J connectivity index is 1.79. The predicted molar refractivity (Wildman–Crippen MR) is 121 cm³/mol. The second-order valence-electron chi connectivity index (χ2n) is 8.85. The minimum Gasteiger partial charge on any atom is -0.352 e. The second-order valence-corrected chi connectivity index (χ2v) is 8.85. The molecule has 1 saturated carbocycles. The van der Waals surface area contributed by atoms with E-state index in [1.165, 1.54) is 0 Å². The highest BCUT2D eigenvalue weighted by Gasteiger charge is 2.28. The van der Waals surface area contributed by atoms with Crippen LogP contribution in [0.2, 0.25) is 0 Å². The molecule has 3 rings (SSSR count). The normalized spacial score (nSPS) is 15.1. The summed E-state index contributed by atoms with van der Waals surface area (Å²) >= 11 is 0. The first-order chi connectivity index (χ1) is 14.3. The molecule has 1 atom stereocenters. The maximum atomic E-state index is 13.4. The number of nitrogens with one attached hydrogen (secondary N) is 1. The Morgan fingerprint density at radius 3 is 2.23 bits per heavy atom. The quantitative estimate of drug-likeness (QED) is 0.729. The molecule has 0 heterocycles. The van der Waals surface area contributed by atoms with Crippen LogP contribution in [0.4, 0.5) is 0 Å².